The molecule has 1 fully saturated rings. The lowest BCUT2D eigenvalue weighted by Crippen LogP contribution is -2.52. The molecule has 1 amide bonds. The molecular formula is C11H21FN2O. The van der Waals surface area contributed by atoms with E-state index >= 15 is 0 Å². The minimum atomic E-state index is -1.64. The van der Waals surface area contributed by atoms with Gasteiger partial charge in [-0.05, 0) is 20.4 Å². The first-order chi connectivity index (χ1) is 6.98. The molecule has 0 aliphatic carbocycles. The van der Waals surface area contributed by atoms with Crippen LogP contribution in [0.4, 0.5) is 4.39 Å². The number of nitrogens with one attached hydrogen (secondary N) is 1. The minimum Gasteiger partial charge on any atom is -0.351 e. The van der Waals surface area contributed by atoms with Crippen molar-refractivity contribution in [2.75, 3.05) is 19.6 Å². The maximum atomic E-state index is 14.2. The molecule has 0 spiro atoms. The highest BCUT2D eigenvalue weighted by Gasteiger charge is 2.41. The molecular weight excluding hydrogens is 195 g/mol. The van der Waals surface area contributed by atoms with Crippen LogP contribution in [0.25, 0.3) is 0 Å². The van der Waals surface area contributed by atoms with E-state index in [1.165, 1.54) is 0 Å². The number of amides is 1. The molecule has 0 aromatic carbocycles. The molecule has 1 aliphatic rings. The lowest BCUT2D eigenvalue weighted by atomic mass is 9.92. The normalized spacial score (nSPS) is 21.7. The standard InChI is InChI=1S/C11H21FN2O/c1-4-14-7-5-11(12,6-8-14)10(15)13-9(2)3/h9H,4-8H2,1-3H3,(H,13,15). The van der Waals surface area contributed by atoms with Gasteiger partial charge in [0.2, 0.25) is 0 Å². The van der Waals surface area contributed by atoms with E-state index in [-0.39, 0.29) is 6.04 Å². The summed E-state index contributed by atoms with van der Waals surface area (Å²) in [6, 6.07) is 0.00864. The van der Waals surface area contributed by atoms with Gasteiger partial charge < -0.3 is 10.2 Å². The summed E-state index contributed by atoms with van der Waals surface area (Å²) >= 11 is 0. The average Bonchev–Trinajstić information content (AvgIpc) is 2.18. The van der Waals surface area contributed by atoms with Crippen molar-refractivity contribution in [3.63, 3.8) is 0 Å². The van der Waals surface area contributed by atoms with Crippen LogP contribution in [0.1, 0.15) is 33.6 Å². The van der Waals surface area contributed by atoms with E-state index in [1.54, 1.807) is 0 Å². The van der Waals surface area contributed by atoms with Gasteiger partial charge in [0.05, 0.1) is 0 Å². The second-order valence-corrected chi connectivity index (χ2v) is 4.53. The summed E-state index contributed by atoms with van der Waals surface area (Å²) in [5, 5.41) is 2.65. The monoisotopic (exact) mass is 216 g/mol. The fourth-order valence-electron chi connectivity index (χ4n) is 1.84. The number of alkyl halides is 1. The third-order valence-corrected chi connectivity index (χ3v) is 2.92. The van der Waals surface area contributed by atoms with E-state index in [0.29, 0.717) is 25.9 Å². The Hall–Kier alpha value is -0.640. The number of likely N-dealkylation sites (tertiary alicyclic amines) is 1. The van der Waals surface area contributed by atoms with Crippen LogP contribution in [0.15, 0.2) is 0 Å². The molecule has 1 N–H and O–H groups in total. The summed E-state index contributed by atoms with van der Waals surface area (Å²) in [7, 11) is 0. The van der Waals surface area contributed by atoms with Gasteiger partial charge in [-0.3, -0.25) is 4.79 Å². The summed E-state index contributed by atoms with van der Waals surface area (Å²) in [6.45, 7) is 8.04. The van der Waals surface area contributed by atoms with Crippen molar-refractivity contribution >= 4 is 5.91 Å². The average molecular weight is 216 g/mol. The maximum absolute atomic E-state index is 14.2. The number of halogens is 1. The summed E-state index contributed by atoms with van der Waals surface area (Å²) in [4.78, 5) is 13.8. The number of nitrogens with zero attached hydrogens (tertiary/aromatic N) is 1. The van der Waals surface area contributed by atoms with E-state index in [1.807, 2.05) is 13.8 Å². The Morgan fingerprint density at radius 3 is 2.40 bits per heavy atom. The van der Waals surface area contributed by atoms with Crippen molar-refractivity contribution in [2.24, 2.45) is 0 Å². The van der Waals surface area contributed by atoms with Crippen molar-refractivity contribution in [1.82, 2.24) is 10.2 Å². The SMILES string of the molecule is CCN1CCC(F)(C(=O)NC(C)C)CC1. The largest absolute Gasteiger partial charge is 0.351 e. The van der Waals surface area contributed by atoms with Crippen molar-refractivity contribution in [1.29, 1.82) is 0 Å². The Kier molecular flexibility index (Phi) is 4.08. The molecule has 0 radical (unpaired) electrons. The van der Waals surface area contributed by atoms with Crippen molar-refractivity contribution in [3.05, 3.63) is 0 Å². The summed E-state index contributed by atoms with van der Waals surface area (Å²) in [6.07, 6.45) is 0.638. The Morgan fingerprint density at radius 2 is 2.00 bits per heavy atom. The van der Waals surface area contributed by atoms with Gasteiger partial charge in [-0.2, -0.15) is 0 Å². The molecule has 1 saturated heterocycles. The van der Waals surface area contributed by atoms with Crippen LogP contribution < -0.4 is 5.32 Å². The molecule has 15 heavy (non-hydrogen) atoms. The zero-order valence-corrected chi connectivity index (χ0v) is 9.85. The van der Waals surface area contributed by atoms with Gasteiger partial charge in [-0.15, -0.1) is 0 Å². The summed E-state index contributed by atoms with van der Waals surface area (Å²) < 4.78 is 14.2. The van der Waals surface area contributed by atoms with Crippen molar-refractivity contribution in [2.45, 2.75) is 45.3 Å². The molecule has 1 rings (SSSR count). The van der Waals surface area contributed by atoms with Crippen LogP contribution >= 0.6 is 0 Å². The zero-order valence-electron chi connectivity index (χ0n) is 9.85. The Balaban J connectivity index is 2.50. The molecule has 88 valence electrons. The predicted octanol–water partition coefficient (Wildman–Crippen LogP) is 1.33. The molecule has 0 aromatic heterocycles. The van der Waals surface area contributed by atoms with Gasteiger partial charge in [0.25, 0.3) is 5.91 Å². The van der Waals surface area contributed by atoms with Gasteiger partial charge in [0.15, 0.2) is 5.67 Å². The number of hydrogen-bond acceptors (Lipinski definition) is 2. The number of piperidine rings is 1. The fraction of sp³-hybridized carbons (Fsp3) is 0.909. The fourth-order valence-corrected chi connectivity index (χ4v) is 1.84. The van der Waals surface area contributed by atoms with E-state index in [4.69, 9.17) is 0 Å². The number of hydrogen-bond donors (Lipinski definition) is 1. The number of carbonyl (C=O) groups excluding carboxylic acids is 1. The zero-order chi connectivity index (χ0) is 11.5. The highest BCUT2D eigenvalue weighted by atomic mass is 19.1. The van der Waals surface area contributed by atoms with Crippen LogP contribution in [-0.4, -0.2) is 42.2 Å². The quantitative estimate of drug-likeness (QED) is 0.772. The Labute approximate surface area is 91.0 Å². The van der Waals surface area contributed by atoms with Gasteiger partial charge in [0.1, 0.15) is 0 Å². The molecule has 0 atom stereocenters. The lowest BCUT2D eigenvalue weighted by Gasteiger charge is -2.35. The molecule has 0 unspecified atom stereocenters. The van der Waals surface area contributed by atoms with Crippen LogP contribution in [0.2, 0.25) is 0 Å². The molecule has 4 heteroatoms. The first kappa shape index (κ1) is 12.4. The van der Waals surface area contributed by atoms with E-state index in [0.717, 1.165) is 6.54 Å². The third-order valence-electron chi connectivity index (χ3n) is 2.92. The second kappa shape index (κ2) is 4.92. The van der Waals surface area contributed by atoms with Crippen LogP contribution in [0, 0.1) is 0 Å². The Morgan fingerprint density at radius 1 is 1.47 bits per heavy atom. The molecule has 1 aliphatic heterocycles. The van der Waals surface area contributed by atoms with Gasteiger partial charge in [-0.25, -0.2) is 4.39 Å². The highest BCUT2D eigenvalue weighted by molar-refractivity contribution is 5.85. The Bertz CT molecular complexity index is 223. The van der Waals surface area contributed by atoms with Crippen LogP contribution in [-0.2, 0) is 4.79 Å². The topological polar surface area (TPSA) is 32.3 Å². The minimum absolute atomic E-state index is 0.00864. The first-order valence-electron chi connectivity index (χ1n) is 5.70. The molecule has 0 aromatic rings. The van der Waals surface area contributed by atoms with Gasteiger partial charge in [-0.1, -0.05) is 6.92 Å². The van der Waals surface area contributed by atoms with Crippen molar-refractivity contribution < 1.29 is 9.18 Å². The van der Waals surface area contributed by atoms with E-state index in [2.05, 4.69) is 17.1 Å². The summed E-state index contributed by atoms with van der Waals surface area (Å²) in [5.74, 6) is -0.437. The third kappa shape index (κ3) is 3.16. The highest BCUT2D eigenvalue weighted by Crippen LogP contribution is 2.26. The number of carbonyl (C=O) groups is 1. The van der Waals surface area contributed by atoms with Crippen LogP contribution in [0.5, 0.6) is 0 Å². The molecule has 0 saturated carbocycles. The second-order valence-electron chi connectivity index (χ2n) is 4.53. The van der Waals surface area contributed by atoms with E-state index in [9.17, 15) is 9.18 Å². The molecule has 1 heterocycles. The number of rotatable bonds is 3. The predicted molar refractivity (Wildman–Crippen MR) is 58.5 cm³/mol. The lowest BCUT2D eigenvalue weighted by molar-refractivity contribution is -0.136. The van der Waals surface area contributed by atoms with Crippen molar-refractivity contribution in [3.8, 4) is 0 Å². The molecule has 0 bridgehead atoms. The van der Waals surface area contributed by atoms with Crippen LogP contribution in [0.3, 0.4) is 0 Å². The summed E-state index contributed by atoms with van der Waals surface area (Å²) in [5.41, 5.74) is -1.64. The van der Waals surface area contributed by atoms with Gasteiger partial charge in [0, 0.05) is 32.0 Å². The maximum Gasteiger partial charge on any atom is 0.257 e. The van der Waals surface area contributed by atoms with Gasteiger partial charge >= 0.3 is 0 Å². The van der Waals surface area contributed by atoms with E-state index < -0.39 is 11.6 Å². The first-order valence-corrected chi connectivity index (χ1v) is 5.70. The smallest absolute Gasteiger partial charge is 0.257 e. The molecule has 3 nitrogen and oxygen atoms in total.